The molecular formula is C101H195N15O17. The molecule has 0 saturated heterocycles. The van der Waals surface area contributed by atoms with Crippen molar-refractivity contribution in [2.75, 3.05) is 58.9 Å². The van der Waals surface area contributed by atoms with Crippen molar-refractivity contribution in [2.45, 2.75) is 413 Å². The molecule has 0 aromatic rings. The van der Waals surface area contributed by atoms with Gasteiger partial charge in [-0.15, -0.1) is 0 Å². The highest BCUT2D eigenvalue weighted by Crippen LogP contribution is 2.34. The number of ether oxygens (including phenoxy) is 1. The van der Waals surface area contributed by atoms with Gasteiger partial charge in [-0.2, -0.15) is 0 Å². The second-order valence-electron chi connectivity index (χ2n) is 47.8. The second kappa shape index (κ2) is 62.7. The third-order valence-corrected chi connectivity index (χ3v) is 20.1. The van der Waals surface area contributed by atoms with Crippen molar-refractivity contribution in [3.63, 3.8) is 0 Å². The number of nitrogens with two attached hydrogens (primary N) is 2. The molecule has 17 N–H and O–H groups in total. The molecule has 8 atom stereocenters. The van der Waals surface area contributed by atoms with Crippen LogP contribution in [0.5, 0.6) is 0 Å². The largest absolute Gasteiger partial charge is 0.444 e. The van der Waals surface area contributed by atoms with Crippen molar-refractivity contribution in [3.05, 3.63) is 0 Å². The summed E-state index contributed by atoms with van der Waals surface area (Å²) in [7, 11) is 0. The van der Waals surface area contributed by atoms with E-state index in [1.54, 1.807) is 20.8 Å². The van der Waals surface area contributed by atoms with E-state index in [4.69, 9.17) is 16.2 Å². The summed E-state index contributed by atoms with van der Waals surface area (Å²) in [6, 6.07) is -2.78. The van der Waals surface area contributed by atoms with Crippen LogP contribution >= 0.6 is 0 Å². The summed E-state index contributed by atoms with van der Waals surface area (Å²) in [5.41, 5.74) is 7.03. The Morgan fingerprint density at radius 1 is 0.323 bits per heavy atom. The summed E-state index contributed by atoms with van der Waals surface area (Å²) in [4.78, 5) is 193. The summed E-state index contributed by atoms with van der Waals surface area (Å²) in [5, 5.41) is 36.3. The van der Waals surface area contributed by atoms with Crippen LogP contribution in [0.2, 0.25) is 0 Å². The van der Waals surface area contributed by atoms with Crippen LogP contribution in [-0.4, -0.2) is 199 Å². The van der Waals surface area contributed by atoms with Gasteiger partial charge >= 0.3 is 18.2 Å². The van der Waals surface area contributed by atoms with Gasteiger partial charge in [-0.3, -0.25) is 62.3 Å². The minimum absolute atomic E-state index is 0.00295. The van der Waals surface area contributed by atoms with Crippen LogP contribution in [-0.2, 0) is 67.1 Å². The molecule has 0 radical (unpaired) electrons. The summed E-state index contributed by atoms with van der Waals surface area (Å²) >= 11 is 0. The number of amides is 12. The van der Waals surface area contributed by atoms with Gasteiger partial charge in [0, 0.05) is 128 Å². The third kappa shape index (κ3) is 75.8. The Hall–Kier alpha value is -8.00. The van der Waals surface area contributed by atoms with E-state index in [-0.39, 0.29) is 185 Å². The number of alkyl carbamates (subject to hydrolysis) is 1. The standard InChI is InChI=1S/C22H42N2O3.C21H41N3O3.C21H40N2O3.C20H39N3O3.C17H33N5O5/c1-15(2)13-18(24-22(7,8)9)19(26)14-17(20(27)21(4,5)6)11-10-12-23-16(3)25;1-14(2)12-15(13-20(3,4)5)18(26)24-16(17(25)21(6,7)8)10-9-11-23-19(22)27;1-14(2)18(23-21(7,8)9)17(25)13-16(19(26)20(4,5)6)11-10-12-22-15(3)24;1-13(2)14(12-19(3,4)5)17(25)23-15(16(24)20(6,7)8)10-9-11-22-18(21)26;1-16(2,3)22-11-14(25)21-10-13(24)20-9-12(23)18-7-8-19-15(26)27-17(4,5)6/h15,17-18,24H,10-14H2,1-9H3,(H,23,25);14-16H,9-13H2,1-8H3,(H,24,26)(H3,22,23,27);14,16,18,23H,10-13H2,1-9H3,(H,22,24);13-15H,9-12H2,1-8H3,(H,23,25)(H3,21,22,26);22H,7-11H2,1-6H3,(H,18,23)(H,19,26)(H,20,24)(H,21,25). The zero-order chi connectivity index (χ0) is 105. The van der Waals surface area contributed by atoms with E-state index in [2.05, 4.69) is 159 Å². The molecule has 776 valence electrons. The zero-order valence-electron chi connectivity index (χ0n) is 90.8. The van der Waals surface area contributed by atoms with E-state index >= 15 is 0 Å². The fourth-order valence-electron chi connectivity index (χ4n) is 13.8. The number of primary amides is 2. The van der Waals surface area contributed by atoms with Gasteiger partial charge in [-0.05, 0) is 195 Å². The Bertz CT molecular complexity index is 3380. The smallest absolute Gasteiger partial charge is 0.407 e. The normalized spacial score (nSPS) is 14.0. The lowest BCUT2D eigenvalue weighted by Gasteiger charge is -2.32. The van der Waals surface area contributed by atoms with Gasteiger partial charge in [-0.1, -0.05) is 180 Å². The summed E-state index contributed by atoms with van der Waals surface area (Å²) in [5.74, 6) is -0.726. The van der Waals surface area contributed by atoms with Crippen molar-refractivity contribution < 1.29 is 81.4 Å². The molecule has 0 aliphatic carbocycles. The predicted octanol–water partition coefficient (Wildman–Crippen LogP) is 13.5. The van der Waals surface area contributed by atoms with Crippen molar-refractivity contribution in [1.82, 2.24) is 69.1 Å². The van der Waals surface area contributed by atoms with Crippen molar-refractivity contribution >= 4 is 94.2 Å². The van der Waals surface area contributed by atoms with E-state index in [0.717, 1.165) is 25.7 Å². The molecule has 0 bridgehead atoms. The van der Waals surface area contributed by atoms with Gasteiger partial charge in [0.05, 0.1) is 43.8 Å². The first-order valence-corrected chi connectivity index (χ1v) is 48.3. The average Bonchev–Trinajstić information content (AvgIpc) is 0.850. The molecule has 0 aliphatic heterocycles. The number of carbonyl (C=O) groups is 16. The number of nitrogens with one attached hydrogen (secondary N) is 13. The zero-order valence-corrected chi connectivity index (χ0v) is 90.8. The van der Waals surface area contributed by atoms with Gasteiger partial charge in [0.15, 0.2) is 17.3 Å². The lowest BCUT2D eigenvalue weighted by atomic mass is 9.77. The Balaban J connectivity index is -0.000000513. The molecule has 133 heavy (non-hydrogen) atoms. The van der Waals surface area contributed by atoms with Crippen LogP contribution in [0.1, 0.15) is 367 Å². The molecule has 8 unspecified atom stereocenters. The van der Waals surface area contributed by atoms with Gasteiger partial charge in [0.2, 0.25) is 41.4 Å². The minimum atomic E-state index is -0.587. The first kappa shape index (κ1) is 133. The molecule has 0 saturated carbocycles. The van der Waals surface area contributed by atoms with Crippen LogP contribution in [0.3, 0.4) is 0 Å². The Morgan fingerprint density at radius 3 is 0.992 bits per heavy atom. The SMILES string of the molecule is CC(=O)NCCCC(CC(=O)C(CC(C)C)NC(C)(C)C)C(=O)C(C)(C)C.CC(=O)NCCCC(CC(=O)C(NC(C)(C)C)C(C)C)C(=O)C(C)(C)C.CC(C)(C)NCC(=O)NCC(=O)NCC(=O)NCCNC(=O)OC(C)(C)C.CC(C)C(CC(C)(C)C)C(=O)NC(CCCNC(N)=O)C(=O)C(C)(C)C.CC(C)CC(CC(C)(C)C)C(=O)NC(CCCNC(N)=O)C(=O)C(C)(C)C. The maximum absolute atomic E-state index is 13.1. The lowest BCUT2D eigenvalue weighted by molar-refractivity contribution is -0.135. The number of Topliss-reactive ketones (excluding diaryl/α,β-unsaturated/α-hetero) is 6. The predicted molar refractivity (Wildman–Crippen MR) is 535 cm³/mol. The first-order valence-electron chi connectivity index (χ1n) is 48.3. The molecule has 0 spiro atoms. The van der Waals surface area contributed by atoms with Crippen molar-refractivity contribution in [1.29, 1.82) is 0 Å². The van der Waals surface area contributed by atoms with E-state index in [1.807, 2.05) is 152 Å². The molecule has 0 heterocycles. The number of hydrogen-bond donors (Lipinski definition) is 15. The number of urea groups is 2. The Kier molecular flexibility index (Phi) is 62.9. The number of rotatable bonds is 49. The minimum Gasteiger partial charge on any atom is -0.444 e. The topological polar surface area (TPSA) is 491 Å². The van der Waals surface area contributed by atoms with Crippen LogP contribution in [0.25, 0.3) is 0 Å². The highest BCUT2D eigenvalue weighted by molar-refractivity contribution is 5.96. The molecule has 0 aliphatic rings. The van der Waals surface area contributed by atoms with Gasteiger partial charge in [-0.25, -0.2) is 14.4 Å². The Labute approximate surface area is 804 Å². The number of carbonyl (C=O) groups excluding carboxylic acids is 16. The summed E-state index contributed by atoms with van der Waals surface area (Å²) in [6.45, 7) is 80.0. The first-order chi connectivity index (χ1) is 59.8. The van der Waals surface area contributed by atoms with Crippen LogP contribution in [0.15, 0.2) is 0 Å². The highest BCUT2D eigenvalue weighted by atomic mass is 16.6. The number of ketones is 6. The monoisotopic (exact) mass is 1890 g/mol. The molecule has 0 aromatic carbocycles. The van der Waals surface area contributed by atoms with E-state index in [1.165, 1.54) is 13.8 Å². The number of hydrogen-bond acceptors (Lipinski definition) is 20. The molecule has 32 nitrogen and oxygen atoms in total. The molecule has 32 heteroatoms. The summed E-state index contributed by atoms with van der Waals surface area (Å²) < 4.78 is 5.05. The molecule has 12 amide bonds. The third-order valence-electron chi connectivity index (χ3n) is 20.1. The van der Waals surface area contributed by atoms with E-state index in [0.29, 0.717) is 89.4 Å². The average molecular weight is 1890 g/mol. The van der Waals surface area contributed by atoms with Crippen molar-refractivity contribution in [3.8, 4) is 0 Å². The molecule has 0 fully saturated rings. The van der Waals surface area contributed by atoms with Crippen LogP contribution in [0.4, 0.5) is 14.4 Å². The fraction of sp³-hybridized carbons (Fsp3) is 0.842. The fourth-order valence-corrected chi connectivity index (χ4v) is 13.8. The molecule has 0 aromatic heterocycles. The maximum atomic E-state index is 13.1. The van der Waals surface area contributed by atoms with Gasteiger partial charge in [0.1, 0.15) is 23.0 Å². The molecular weight excluding hydrogens is 1700 g/mol. The van der Waals surface area contributed by atoms with Crippen LogP contribution < -0.4 is 80.6 Å². The van der Waals surface area contributed by atoms with E-state index in [9.17, 15) is 76.7 Å². The second-order valence-corrected chi connectivity index (χ2v) is 47.8. The quantitative estimate of drug-likeness (QED) is 0.0252. The maximum Gasteiger partial charge on any atom is 0.407 e. The van der Waals surface area contributed by atoms with Crippen LogP contribution in [0, 0.1) is 79.8 Å². The van der Waals surface area contributed by atoms with E-state index < -0.39 is 69.3 Å². The summed E-state index contributed by atoms with van der Waals surface area (Å²) in [6.07, 6.45) is 7.75. The Morgan fingerprint density at radius 2 is 0.669 bits per heavy atom. The van der Waals surface area contributed by atoms with Crippen molar-refractivity contribution in [2.24, 2.45) is 91.3 Å². The molecule has 0 rings (SSSR count). The lowest BCUT2D eigenvalue weighted by Crippen LogP contribution is -2.51. The highest BCUT2D eigenvalue weighted by Gasteiger charge is 2.40. The van der Waals surface area contributed by atoms with Gasteiger partial charge in [0.25, 0.3) is 0 Å². The van der Waals surface area contributed by atoms with Gasteiger partial charge < -0.3 is 85.3 Å².